The summed E-state index contributed by atoms with van der Waals surface area (Å²) in [5.74, 6) is -0.395. The van der Waals surface area contributed by atoms with Gasteiger partial charge >= 0.3 is 17.9 Å². The fourth-order valence-electron chi connectivity index (χ4n) is 5.75. The molecule has 0 aromatic rings. The lowest BCUT2D eigenvalue weighted by Crippen LogP contribution is -2.27. The molecule has 0 saturated heterocycles. The molecule has 0 fully saturated rings. The molecule has 1 atom stereocenters. The van der Waals surface area contributed by atoms with Gasteiger partial charge in [0.2, 0.25) is 0 Å². The Morgan fingerprint density at radius 3 is 1.46 bits per heavy atom. The quantitative estimate of drug-likeness (QED) is 0.0278. The largest absolute Gasteiger partial charge is 0.462 e. The number of allylic oxidation sites excluding steroid dienone is 2. The number of carbonyl (C=O) groups excluding carboxylic acids is 3. The van der Waals surface area contributed by atoms with Crippen molar-refractivity contribution in [3.05, 3.63) is 24.3 Å². The van der Waals surface area contributed by atoms with E-state index in [4.69, 9.17) is 14.2 Å². The molecule has 0 aromatic heterocycles. The summed E-state index contributed by atoms with van der Waals surface area (Å²) < 4.78 is 16.7. The van der Waals surface area contributed by atoms with Crippen LogP contribution >= 0.6 is 0 Å². The maximum atomic E-state index is 12.9. The number of nitrogens with zero attached hydrogens (tertiary/aromatic N) is 1. The fourth-order valence-corrected chi connectivity index (χ4v) is 5.75. The van der Waals surface area contributed by atoms with Gasteiger partial charge in [0.15, 0.2) is 0 Å². The number of hydrogen-bond donors (Lipinski definition) is 0. The van der Waals surface area contributed by atoms with E-state index in [1.807, 2.05) is 19.1 Å². The first-order valence-corrected chi connectivity index (χ1v) is 20.8. The molecule has 0 heterocycles. The number of hydrogen-bond acceptors (Lipinski definition) is 7. The molecule has 0 aliphatic heterocycles. The molecule has 1 unspecified atom stereocenters. The summed E-state index contributed by atoms with van der Waals surface area (Å²) >= 11 is 0. The molecular formula is C43H79NO6. The van der Waals surface area contributed by atoms with Crippen molar-refractivity contribution in [3.8, 4) is 0 Å². The van der Waals surface area contributed by atoms with Gasteiger partial charge in [-0.05, 0) is 90.8 Å². The maximum absolute atomic E-state index is 12.9. The van der Waals surface area contributed by atoms with Crippen molar-refractivity contribution in [2.75, 3.05) is 33.4 Å². The van der Waals surface area contributed by atoms with Crippen LogP contribution in [0.25, 0.3) is 0 Å². The summed E-state index contributed by atoms with van der Waals surface area (Å²) in [6.45, 7) is 11.2. The van der Waals surface area contributed by atoms with Crippen molar-refractivity contribution >= 4 is 17.9 Å². The zero-order chi connectivity index (χ0) is 36.9. The Balaban J connectivity index is 4.28. The maximum Gasteiger partial charge on any atom is 0.308 e. The van der Waals surface area contributed by atoms with E-state index in [0.717, 1.165) is 109 Å². The standard InChI is InChI=1S/C43H79NO6/c1-6-9-11-13-15-23-29-37-48-41(45)33-27-21-17-19-25-31-40(50-43(47)39(4)35-36-44(5)8-3)32-26-20-18-22-28-34-42(46)49-38-30-24-16-14-12-10-7-2/h23-24,29-30,39-40H,6-22,25-28,31-38H2,1-5H3/b29-23-,30-24-. The molecule has 7 nitrogen and oxygen atoms in total. The molecule has 0 radical (unpaired) electrons. The summed E-state index contributed by atoms with van der Waals surface area (Å²) in [6.07, 6.45) is 33.9. The summed E-state index contributed by atoms with van der Waals surface area (Å²) in [4.78, 5) is 39.2. The predicted molar refractivity (Wildman–Crippen MR) is 209 cm³/mol. The van der Waals surface area contributed by atoms with Crippen LogP contribution < -0.4 is 0 Å². The number of esters is 3. The summed E-state index contributed by atoms with van der Waals surface area (Å²) in [5, 5.41) is 0. The highest BCUT2D eigenvalue weighted by Crippen LogP contribution is 2.19. The van der Waals surface area contributed by atoms with E-state index >= 15 is 0 Å². The molecule has 0 spiro atoms. The van der Waals surface area contributed by atoms with E-state index in [-0.39, 0.29) is 29.9 Å². The molecule has 0 saturated carbocycles. The van der Waals surface area contributed by atoms with E-state index in [1.54, 1.807) is 0 Å². The van der Waals surface area contributed by atoms with E-state index in [9.17, 15) is 14.4 Å². The van der Waals surface area contributed by atoms with Crippen LogP contribution in [-0.4, -0.2) is 62.3 Å². The molecule has 292 valence electrons. The molecule has 0 aliphatic rings. The molecule has 0 aliphatic carbocycles. The number of carbonyl (C=O) groups is 3. The van der Waals surface area contributed by atoms with Gasteiger partial charge in [0.25, 0.3) is 0 Å². The van der Waals surface area contributed by atoms with Crippen molar-refractivity contribution < 1.29 is 28.6 Å². The Morgan fingerprint density at radius 1 is 0.560 bits per heavy atom. The number of ether oxygens (including phenoxy) is 3. The van der Waals surface area contributed by atoms with Gasteiger partial charge in [-0.25, -0.2) is 0 Å². The van der Waals surface area contributed by atoms with Crippen molar-refractivity contribution in [2.45, 2.75) is 194 Å². The lowest BCUT2D eigenvalue weighted by atomic mass is 10.0. The molecule has 7 heteroatoms. The van der Waals surface area contributed by atoms with Crippen LogP contribution in [0.2, 0.25) is 0 Å². The zero-order valence-corrected chi connectivity index (χ0v) is 33.4. The van der Waals surface area contributed by atoms with Crippen LogP contribution in [0.5, 0.6) is 0 Å². The van der Waals surface area contributed by atoms with Crippen molar-refractivity contribution in [1.82, 2.24) is 4.90 Å². The smallest absolute Gasteiger partial charge is 0.308 e. The minimum absolute atomic E-state index is 0.0433. The average Bonchev–Trinajstić information content (AvgIpc) is 3.11. The van der Waals surface area contributed by atoms with Crippen LogP contribution in [0.4, 0.5) is 0 Å². The lowest BCUT2D eigenvalue weighted by Gasteiger charge is -2.22. The highest BCUT2D eigenvalue weighted by molar-refractivity contribution is 5.72. The normalized spacial score (nSPS) is 12.4. The Morgan fingerprint density at radius 2 is 1.00 bits per heavy atom. The van der Waals surface area contributed by atoms with Gasteiger partial charge in [0.05, 0.1) is 5.92 Å². The molecule has 0 bridgehead atoms. The minimum Gasteiger partial charge on any atom is -0.462 e. The first-order chi connectivity index (χ1) is 24.3. The minimum atomic E-state index is -0.108. The SMILES string of the molecule is CCCCCC/C=C\COC(=O)CCCCCCCC(CCCCCCCC(=O)OC/C=C\CCCCCC)OC(=O)C(C)CCN(C)CC. The summed E-state index contributed by atoms with van der Waals surface area (Å²) in [5.41, 5.74) is 0. The van der Waals surface area contributed by atoms with Crippen LogP contribution in [0.1, 0.15) is 188 Å². The summed E-state index contributed by atoms with van der Waals surface area (Å²) in [6, 6.07) is 0. The van der Waals surface area contributed by atoms with Crippen molar-refractivity contribution in [3.63, 3.8) is 0 Å². The van der Waals surface area contributed by atoms with Gasteiger partial charge in [-0.15, -0.1) is 0 Å². The second-order valence-electron chi connectivity index (χ2n) is 14.3. The first-order valence-electron chi connectivity index (χ1n) is 20.8. The lowest BCUT2D eigenvalue weighted by molar-refractivity contribution is -0.154. The Hall–Kier alpha value is -2.15. The number of rotatable bonds is 36. The average molecular weight is 706 g/mol. The van der Waals surface area contributed by atoms with Gasteiger partial charge < -0.3 is 19.1 Å². The highest BCUT2D eigenvalue weighted by Gasteiger charge is 2.20. The van der Waals surface area contributed by atoms with Crippen molar-refractivity contribution in [1.29, 1.82) is 0 Å². The molecule has 50 heavy (non-hydrogen) atoms. The topological polar surface area (TPSA) is 82.1 Å². The predicted octanol–water partition coefficient (Wildman–Crippen LogP) is 11.5. The third-order valence-corrected chi connectivity index (χ3v) is 9.45. The van der Waals surface area contributed by atoms with E-state index in [1.165, 1.54) is 51.4 Å². The van der Waals surface area contributed by atoms with Gasteiger partial charge in [0.1, 0.15) is 19.3 Å². The van der Waals surface area contributed by atoms with Gasteiger partial charge in [-0.1, -0.05) is 129 Å². The molecule has 0 aromatic carbocycles. The zero-order valence-electron chi connectivity index (χ0n) is 33.4. The van der Waals surface area contributed by atoms with Crippen LogP contribution in [-0.2, 0) is 28.6 Å². The fraction of sp³-hybridized carbons (Fsp3) is 0.837. The first kappa shape index (κ1) is 47.8. The van der Waals surface area contributed by atoms with E-state index < -0.39 is 0 Å². The molecular weight excluding hydrogens is 626 g/mol. The van der Waals surface area contributed by atoms with Gasteiger partial charge in [-0.2, -0.15) is 0 Å². The van der Waals surface area contributed by atoms with Crippen LogP contribution in [0, 0.1) is 5.92 Å². The highest BCUT2D eigenvalue weighted by atomic mass is 16.5. The Kier molecular flexibility index (Phi) is 35.1. The number of unbranched alkanes of at least 4 members (excludes halogenated alkanes) is 16. The molecule has 0 N–H and O–H groups in total. The third-order valence-electron chi connectivity index (χ3n) is 9.45. The van der Waals surface area contributed by atoms with Crippen LogP contribution in [0.15, 0.2) is 24.3 Å². The third kappa shape index (κ3) is 33.0. The Bertz CT molecular complexity index is 804. The van der Waals surface area contributed by atoms with Gasteiger partial charge in [-0.3, -0.25) is 14.4 Å². The Labute approximate surface area is 308 Å². The van der Waals surface area contributed by atoms with E-state index in [2.05, 4.69) is 44.9 Å². The second-order valence-corrected chi connectivity index (χ2v) is 14.3. The van der Waals surface area contributed by atoms with Crippen LogP contribution in [0.3, 0.4) is 0 Å². The van der Waals surface area contributed by atoms with Gasteiger partial charge in [0, 0.05) is 12.8 Å². The second kappa shape index (κ2) is 36.6. The van der Waals surface area contributed by atoms with Crippen molar-refractivity contribution in [2.24, 2.45) is 5.92 Å². The van der Waals surface area contributed by atoms with E-state index in [0.29, 0.717) is 26.1 Å². The summed E-state index contributed by atoms with van der Waals surface area (Å²) in [7, 11) is 2.08. The molecule has 0 rings (SSSR count). The monoisotopic (exact) mass is 706 g/mol. The molecule has 0 amide bonds.